The van der Waals surface area contributed by atoms with Gasteiger partial charge in [0, 0.05) is 18.3 Å². The maximum Gasteiger partial charge on any atom is 0.142 e. The molecule has 0 unspecified atom stereocenters. The lowest BCUT2D eigenvalue weighted by Gasteiger charge is -2.06. The molecule has 0 bridgehead atoms. The number of halogens is 1. The van der Waals surface area contributed by atoms with Crippen LogP contribution in [0.3, 0.4) is 0 Å². The summed E-state index contributed by atoms with van der Waals surface area (Å²) in [4.78, 5) is 4.83. The fourth-order valence-corrected chi connectivity index (χ4v) is 2.19. The zero-order chi connectivity index (χ0) is 13.0. The molecule has 2 rings (SSSR count). The van der Waals surface area contributed by atoms with Crippen molar-refractivity contribution in [2.24, 2.45) is 5.92 Å². The molecule has 18 heavy (non-hydrogen) atoms. The minimum atomic E-state index is -0.360. The van der Waals surface area contributed by atoms with E-state index in [-0.39, 0.29) is 5.82 Å². The molecule has 0 saturated heterocycles. The van der Waals surface area contributed by atoms with E-state index in [2.05, 4.69) is 33.7 Å². The highest BCUT2D eigenvalue weighted by molar-refractivity contribution is 7.05. The molecular formula is C12H15FN4S. The Morgan fingerprint density at radius 2 is 2.22 bits per heavy atom. The summed E-state index contributed by atoms with van der Waals surface area (Å²) >= 11 is 1.33. The third-order valence-corrected chi connectivity index (χ3v) is 3.09. The molecule has 0 aliphatic heterocycles. The Kier molecular flexibility index (Phi) is 4.33. The van der Waals surface area contributed by atoms with Gasteiger partial charge in [0.25, 0.3) is 0 Å². The van der Waals surface area contributed by atoms with Crippen LogP contribution in [0.4, 0.5) is 4.39 Å². The van der Waals surface area contributed by atoms with E-state index >= 15 is 0 Å². The normalized spacial score (nSPS) is 11.1. The molecule has 2 aromatic rings. The van der Waals surface area contributed by atoms with E-state index in [1.54, 1.807) is 6.20 Å². The second kappa shape index (κ2) is 5.97. The molecule has 1 N–H and O–H groups in total. The number of hydrogen-bond acceptors (Lipinski definition) is 5. The number of aromatic nitrogens is 3. The largest absolute Gasteiger partial charge is 0.311 e. The van der Waals surface area contributed by atoms with Gasteiger partial charge in [-0.2, -0.15) is 0 Å². The van der Waals surface area contributed by atoms with E-state index in [0.29, 0.717) is 23.7 Å². The van der Waals surface area contributed by atoms with Gasteiger partial charge in [0.1, 0.15) is 11.5 Å². The predicted octanol–water partition coefficient (Wildman–Crippen LogP) is 2.48. The van der Waals surface area contributed by atoms with Crippen molar-refractivity contribution in [3.05, 3.63) is 29.2 Å². The van der Waals surface area contributed by atoms with Crippen LogP contribution in [0.5, 0.6) is 0 Å². The molecule has 2 heterocycles. The molecule has 0 amide bonds. The first-order valence-corrected chi connectivity index (χ1v) is 6.57. The first-order valence-electron chi connectivity index (χ1n) is 5.79. The van der Waals surface area contributed by atoms with Crippen LogP contribution in [0, 0.1) is 11.7 Å². The van der Waals surface area contributed by atoms with Crippen LogP contribution in [0.2, 0.25) is 0 Å². The maximum absolute atomic E-state index is 13.1. The fraction of sp³-hybridized carbons (Fsp3) is 0.417. The number of rotatable bonds is 5. The molecule has 0 fully saturated rings. The summed E-state index contributed by atoms with van der Waals surface area (Å²) in [7, 11) is 0. The average Bonchev–Trinajstić information content (AvgIpc) is 2.77. The minimum absolute atomic E-state index is 0.360. The van der Waals surface area contributed by atoms with Gasteiger partial charge in [-0.3, -0.25) is 4.98 Å². The molecule has 0 atom stereocenters. The van der Waals surface area contributed by atoms with Crippen molar-refractivity contribution in [2.75, 3.05) is 6.54 Å². The molecule has 96 valence electrons. The van der Waals surface area contributed by atoms with Gasteiger partial charge in [0.05, 0.1) is 11.1 Å². The lowest BCUT2D eigenvalue weighted by Crippen LogP contribution is -2.18. The van der Waals surface area contributed by atoms with E-state index in [4.69, 9.17) is 0 Å². The quantitative estimate of drug-likeness (QED) is 0.903. The zero-order valence-corrected chi connectivity index (χ0v) is 11.2. The number of nitrogens with one attached hydrogen (secondary N) is 1. The molecule has 6 heteroatoms. The Morgan fingerprint density at radius 3 is 2.94 bits per heavy atom. The average molecular weight is 266 g/mol. The van der Waals surface area contributed by atoms with Crippen LogP contribution in [0.25, 0.3) is 11.3 Å². The highest BCUT2D eigenvalue weighted by Crippen LogP contribution is 2.23. The van der Waals surface area contributed by atoms with Crippen molar-refractivity contribution in [1.29, 1.82) is 0 Å². The maximum atomic E-state index is 13.1. The minimum Gasteiger partial charge on any atom is -0.311 e. The van der Waals surface area contributed by atoms with Crippen molar-refractivity contribution in [1.82, 2.24) is 19.9 Å². The summed E-state index contributed by atoms with van der Waals surface area (Å²) in [6, 6.07) is 1.43. The molecule has 0 aliphatic rings. The molecular weight excluding hydrogens is 251 g/mol. The van der Waals surface area contributed by atoms with Crippen LogP contribution in [-0.2, 0) is 6.54 Å². The molecule has 0 aromatic carbocycles. The van der Waals surface area contributed by atoms with E-state index in [0.717, 1.165) is 11.4 Å². The van der Waals surface area contributed by atoms with E-state index in [1.165, 1.54) is 23.8 Å². The second-order valence-corrected chi connectivity index (χ2v) is 5.30. The highest BCUT2D eigenvalue weighted by Gasteiger charge is 2.11. The van der Waals surface area contributed by atoms with Gasteiger partial charge in [-0.15, -0.1) is 5.10 Å². The summed E-state index contributed by atoms with van der Waals surface area (Å²) in [5.41, 5.74) is 1.38. The zero-order valence-electron chi connectivity index (χ0n) is 10.4. The highest BCUT2D eigenvalue weighted by atomic mass is 32.1. The summed E-state index contributed by atoms with van der Waals surface area (Å²) in [5.74, 6) is 0.228. The van der Waals surface area contributed by atoms with Gasteiger partial charge in [-0.05, 0) is 30.1 Å². The lowest BCUT2D eigenvalue weighted by atomic mass is 10.2. The standard InChI is InChI=1S/C12H15FN4S/c1-8(2)4-14-7-11-12(16-17-18-11)9-3-10(13)6-15-5-9/h3,5-6,8,14H,4,7H2,1-2H3. The van der Waals surface area contributed by atoms with Crippen molar-refractivity contribution < 1.29 is 4.39 Å². The Bertz CT molecular complexity index is 512. The van der Waals surface area contributed by atoms with Gasteiger partial charge in [0.15, 0.2) is 0 Å². The Balaban J connectivity index is 2.12. The van der Waals surface area contributed by atoms with E-state index in [9.17, 15) is 4.39 Å². The molecule has 0 aliphatic carbocycles. The van der Waals surface area contributed by atoms with Crippen LogP contribution >= 0.6 is 11.5 Å². The van der Waals surface area contributed by atoms with Gasteiger partial charge in [-0.25, -0.2) is 4.39 Å². The number of nitrogens with zero attached hydrogens (tertiary/aromatic N) is 3. The van der Waals surface area contributed by atoms with Crippen molar-refractivity contribution >= 4 is 11.5 Å². The van der Waals surface area contributed by atoms with Crippen molar-refractivity contribution in [3.63, 3.8) is 0 Å². The van der Waals surface area contributed by atoms with Gasteiger partial charge < -0.3 is 5.32 Å². The molecule has 0 spiro atoms. The third kappa shape index (κ3) is 3.30. The molecule has 2 aromatic heterocycles. The molecule has 4 nitrogen and oxygen atoms in total. The summed E-state index contributed by atoms with van der Waals surface area (Å²) in [6.07, 6.45) is 2.78. The van der Waals surface area contributed by atoms with Crippen LogP contribution < -0.4 is 5.32 Å². The lowest BCUT2D eigenvalue weighted by molar-refractivity contribution is 0.555. The topological polar surface area (TPSA) is 50.7 Å². The smallest absolute Gasteiger partial charge is 0.142 e. The Labute approximate surface area is 109 Å². The van der Waals surface area contributed by atoms with Gasteiger partial charge in [-0.1, -0.05) is 18.3 Å². The van der Waals surface area contributed by atoms with Crippen molar-refractivity contribution in [3.8, 4) is 11.3 Å². The van der Waals surface area contributed by atoms with Gasteiger partial charge in [0.2, 0.25) is 0 Å². The van der Waals surface area contributed by atoms with Gasteiger partial charge >= 0.3 is 0 Å². The first-order chi connectivity index (χ1) is 8.66. The second-order valence-electron chi connectivity index (χ2n) is 4.46. The van der Waals surface area contributed by atoms with Crippen molar-refractivity contribution in [2.45, 2.75) is 20.4 Å². The first kappa shape index (κ1) is 13.0. The predicted molar refractivity (Wildman–Crippen MR) is 69.6 cm³/mol. The van der Waals surface area contributed by atoms with Crippen LogP contribution in [0.1, 0.15) is 18.7 Å². The van der Waals surface area contributed by atoms with Crippen LogP contribution in [0.15, 0.2) is 18.5 Å². The molecule has 0 radical (unpaired) electrons. The molecule has 0 saturated carbocycles. The monoisotopic (exact) mass is 266 g/mol. The SMILES string of the molecule is CC(C)CNCc1snnc1-c1cncc(F)c1. The summed E-state index contributed by atoms with van der Waals surface area (Å²) in [6.45, 7) is 5.92. The summed E-state index contributed by atoms with van der Waals surface area (Å²) in [5, 5.41) is 7.38. The Morgan fingerprint density at radius 1 is 1.39 bits per heavy atom. The van der Waals surface area contributed by atoms with E-state index in [1.807, 2.05) is 0 Å². The number of pyridine rings is 1. The van der Waals surface area contributed by atoms with Crippen LogP contribution in [-0.4, -0.2) is 21.1 Å². The summed E-state index contributed by atoms with van der Waals surface area (Å²) < 4.78 is 17.1. The number of hydrogen-bond donors (Lipinski definition) is 1. The third-order valence-electron chi connectivity index (χ3n) is 2.37. The Hall–Kier alpha value is -1.40. The van der Waals surface area contributed by atoms with E-state index < -0.39 is 0 Å². The fourth-order valence-electron chi connectivity index (χ4n) is 1.56.